The lowest BCUT2D eigenvalue weighted by atomic mass is 10.0. The molecule has 0 saturated carbocycles. The molecule has 2 amide bonds. The Kier molecular flexibility index (Phi) is 6.28. The summed E-state index contributed by atoms with van der Waals surface area (Å²) in [5.41, 5.74) is 3.91. The number of hydrogen-bond acceptors (Lipinski definition) is 3. The number of anilines is 2. The maximum atomic E-state index is 12.4. The molecule has 0 aliphatic rings. The molecule has 1 atom stereocenters. The Morgan fingerprint density at radius 2 is 2.00 bits per heavy atom. The molecule has 0 fully saturated rings. The molecule has 134 valence electrons. The second-order valence-corrected chi connectivity index (χ2v) is 6.13. The van der Waals surface area contributed by atoms with E-state index in [0.29, 0.717) is 0 Å². The summed E-state index contributed by atoms with van der Waals surface area (Å²) >= 11 is 0. The van der Waals surface area contributed by atoms with Gasteiger partial charge in [0.25, 0.3) is 0 Å². The minimum absolute atomic E-state index is 0.170. The molecule has 0 aliphatic heterocycles. The number of nitrogens with zero attached hydrogens (tertiary/aromatic N) is 1. The van der Waals surface area contributed by atoms with Crippen LogP contribution in [0.3, 0.4) is 0 Å². The van der Waals surface area contributed by atoms with E-state index in [2.05, 4.69) is 22.5 Å². The van der Waals surface area contributed by atoms with Crippen LogP contribution in [0.4, 0.5) is 16.2 Å². The van der Waals surface area contributed by atoms with E-state index < -0.39 is 0 Å². The Labute approximate surface area is 150 Å². The molecule has 0 saturated heterocycles. The molecule has 2 rings (SSSR count). The standard InChI is InChI=1S/C20H27N3O2/c1-6-23(4)17-9-7-8-16(13-17)22-20(24)21-15(3)18-12-14(2)10-11-19(18)25-5/h7-13,15H,6H2,1-5H3,(H2,21,22,24). The van der Waals surface area contributed by atoms with Crippen LogP contribution in [0.5, 0.6) is 5.75 Å². The first-order valence-corrected chi connectivity index (χ1v) is 8.47. The van der Waals surface area contributed by atoms with Crippen LogP contribution in [0.15, 0.2) is 42.5 Å². The lowest BCUT2D eigenvalue weighted by molar-refractivity contribution is 0.249. The van der Waals surface area contributed by atoms with Gasteiger partial charge in [0, 0.05) is 30.5 Å². The summed E-state index contributed by atoms with van der Waals surface area (Å²) in [5, 5.41) is 5.86. The van der Waals surface area contributed by atoms with Crippen LogP contribution < -0.4 is 20.3 Å². The SMILES string of the molecule is CCN(C)c1cccc(NC(=O)NC(C)c2cc(C)ccc2OC)c1. The second kappa shape index (κ2) is 8.42. The number of ether oxygens (including phenoxy) is 1. The van der Waals surface area contributed by atoms with Gasteiger partial charge in [-0.3, -0.25) is 0 Å². The number of carbonyl (C=O) groups excluding carboxylic acids is 1. The summed E-state index contributed by atoms with van der Waals surface area (Å²) < 4.78 is 5.40. The van der Waals surface area contributed by atoms with Crippen LogP contribution in [0.1, 0.15) is 31.0 Å². The Bertz CT molecular complexity index is 731. The highest BCUT2D eigenvalue weighted by Crippen LogP contribution is 2.26. The van der Waals surface area contributed by atoms with Gasteiger partial charge in [0.1, 0.15) is 5.75 Å². The summed E-state index contributed by atoms with van der Waals surface area (Å²) in [4.78, 5) is 14.5. The lowest BCUT2D eigenvalue weighted by Gasteiger charge is -2.20. The molecule has 2 aromatic rings. The van der Waals surface area contributed by atoms with E-state index >= 15 is 0 Å². The number of nitrogens with one attached hydrogen (secondary N) is 2. The summed E-state index contributed by atoms with van der Waals surface area (Å²) in [6.07, 6.45) is 0. The molecule has 5 heteroatoms. The number of aryl methyl sites for hydroxylation is 1. The van der Waals surface area contributed by atoms with E-state index in [-0.39, 0.29) is 12.1 Å². The molecule has 5 nitrogen and oxygen atoms in total. The first kappa shape index (κ1) is 18.6. The summed E-state index contributed by atoms with van der Waals surface area (Å²) in [7, 11) is 3.65. The Morgan fingerprint density at radius 3 is 2.68 bits per heavy atom. The van der Waals surface area contributed by atoms with Crippen molar-refractivity contribution in [2.75, 3.05) is 30.9 Å². The Hall–Kier alpha value is -2.69. The predicted octanol–water partition coefficient (Wildman–Crippen LogP) is 4.34. The van der Waals surface area contributed by atoms with Gasteiger partial charge in [-0.15, -0.1) is 0 Å². The van der Waals surface area contributed by atoms with Crippen molar-refractivity contribution in [1.29, 1.82) is 0 Å². The monoisotopic (exact) mass is 341 g/mol. The maximum Gasteiger partial charge on any atom is 0.319 e. The van der Waals surface area contributed by atoms with Crippen LogP contribution in [0.25, 0.3) is 0 Å². The normalized spacial score (nSPS) is 11.6. The minimum atomic E-state index is -0.243. The van der Waals surface area contributed by atoms with Crippen molar-refractivity contribution in [3.8, 4) is 5.75 Å². The molecule has 0 bridgehead atoms. The number of benzene rings is 2. The van der Waals surface area contributed by atoms with E-state index in [1.54, 1.807) is 7.11 Å². The zero-order valence-corrected chi connectivity index (χ0v) is 15.6. The number of methoxy groups -OCH3 is 1. The Balaban J connectivity index is 2.06. The number of urea groups is 1. The molecule has 25 heavy (non-hydrogen) atoms. The van der Waals surface area contributed by atoms with Crippen molar-refractivity contribution in [2.45, 2.75) is 26.8 Å². The fourth-order valence-electron chi connectivity index (χ4n) is 2.64. The van der Waals surface area contributed by atoms with Gasteiger partial charge in [0.05, 0.1) is 13.2 Å². The van der Waals surface area contributed by atoms with Gasteiger partial charge in [-0.2, -0.15) is 0 Å². The highest BCUT2D eigenvalue weighted by atomic mass is 16.5. The van der Waals surface area contributed by atoms with Crippen molar-refractivity contribution in [3.05, 3.63) is 53.6 Å². The fraction of sp³-hybridized carbons (Fsp3) is 0.350. The van der Waals surface area contributed by atoms with Crippen LogP contribution in [0, 0.1) is 6.92 Å². The van der Waals surface area contributed by atoms with Crippen LogP contribution in [-0.2, 0) is 0 Å². The fourth-order valence-corrected chi connectivity index (χ4v) is 2.64. The molecule has 0 heterocycles. The number of amides is 2. The van der Waals surface area contributed by atoms with Gasteiger partial charge < -0.3 is 20.3 Å². The number of rotatable bonds is 6. The van der Waals surface area contributed by atoms with E-state index in [4.69, 9.17) is 4.74 Å². The summed E-state index contributed by atoms with van der Waals surface area (Å²) in [5.74, 6) is 0.768. The molecule has 2 N–H and O–H groups in total. The molecule has 0 aromatic heterocycles. The highest BCUT2D eigenvalue weighted by Gasteiger charge is 2.14. The third kappa shape index (κ3) is 4.89. The van der Waals surface area contributed by atoms with Crippen molar-refractivity contribution < 1.29 is 9.53 Å². The zero-order valence-electron chi connectivity index (χ0n) is 15.6. The largest absolute Gasteiger partial charge is 0.496 e. The Morgan fingerprint density at radius 1 is 1.24 bits per heavy atom. The van der Waals surface area contributed by atoms with Crippen molar-refractivity contribution in [2.24, 2.45) is 0 Å². The van der Waals surface area contributed by atoms with E-state index in [1.807, 2.05) is 63.4 Å². The number of hydrogen-bond donors (Lipinski definition) is 2. The third-order valence-electron chi connectivity index (χ3n) is 4.22. The van der Waals surface area contributed by atoms with E-state index in [0.717, 1.165) is 34.8 Å². The molecule has 2 aromatic carbocycles. The first-order chi connectivity index (χ1) is 11.9. The average Bonchev–Trinajstić information content (AvgIpc) is 2.61. The van der Waals surface area contributed by atoms with E-state index in [1.165, 1.54) is 0 Å². The van der Waals surface area contributed by atoms with Gasteiger partial charge in [0.2, 0.25) is 0 Å². The number of carbonyl (C=O) groups is 1. The van der Waals surface area contributed by atoms with Crippen LogP contribution in [0.2, 0.25) is 0 Å². The van der Waals surface area contributed by atoms with Crippen molar-refractivity contribution in [3.63, 3.8) is 0 Å². The highest BCUT2D eigenvalue weighted by molar-refractivity contribution is 5.90. The topological polar surface area (TPSA) is 53.6 Å². The van der Waals surface area contributed by atoms with Gasteiger partial charge in [0.15, 0.2) is 0 Å². The lowest BCUT2D eigenvalue weighted by Crippen LogP contribution is -2.31. The molecule has 0 radical (unpaired) electrons. The quantitative estimate of drug-likeness (QED) is 0.821. The van der Waals surface area contributed by atoms with Crippen molar-refractivity contribution >= 4 is 17.4 Å². The maximum absolute atomic E-state index is 12.4. The van der Waals surface area contributed by atoms with Crippen LogP contribution >= 0.6 is 0 Å². The minimum Gasteiger partial charge on any atom is -0.496 e. The van der Waals surface area contributed by atoms with Gasteiger partial charge in [-0.25, -0.2) is 4.79 Å². The van der Waals surface area contributed by atoms with E-state index in [9.17, 15) is 4.79 Å². The summed E-state index contributed by atoms with van der Waals surface area (Å²) in [6, 6.07) is 13.3. The molecule has 0 aliphatic carbocycles. The second-order valence-electron chi connectivity index (χ2n) is 6.13. The third-order valence-corrected chi connectivity index (χ3v) is 4.22. The molecular weight excluding hydrogens is 314 g/mol. The van der Waals surface area contributed by atoms with Crippen molar-refractivity contribution in [1.82, 2.24) is 5.32 Å². The molecular formula is C20H27N3O2. The predicted molar refractivity (Wildman–Crippen MR) is 104 cm³/mol. The molecule has 1 unspecified atom stereocenters. The zero-order chi connectivity index (χ0) is 18.4. The average molecular weight is 341 g/mol. The smallest absolute Gasteiger partial charge is 0.319 e. The summed E-state index contributed by atoms with van der Waals surface area (Å²) in [6.45, 7) is 6.95. The molecule has 0 spiro atoms. The van der Waals surface area contributed by atoms with Gasteiger partial charge >= 0.3 is 6.03 Å². The van der Waals surface area contributed by atoms with Gasteiger partial charge in [-0.05, 0) is 45.0 Å². The van der Waals surface area contributed by atoms with Crippen LogP contribution in [-0.4, -0.2) is 26.7 Å². The van der Waals surface area contributed by atoms with Gasteiger partial charge in [-0.1, -0.05) is 23.8 Å². The first-order valence-electron chi connectivity index (χ1n) is 8.47.